The van der Waals surface area contributed by atoms with E-state index in [1.807, 2.05) is 0 Å². The first-order valence-corrected chi connectivity index (χ1v) is 6.35. The second kappa shape index (κ2) is 7.64. The number of halogens is 1. The molecular weight excluding hydrogens is 300 g/mol. The molecule has 0 aromatic heterocycles. The number of methoxy groups -OCH3 is 2. The van der Waals surface area contributed by atoms with Gasteiger partial charge in [-0.1, -0.05) is 11.6 Å². The first-order chi connectivity index (χ1) is 9.90. The van der Waals surface area contributed by atoms with Crippen molar-refractivity contribution >= 4 is 29.3 Å². The number of Topliss-reactive ketones (excluding diaryl/α,β-unsaturated/α-hetero) is 1. The summed E-state index contributed by atoms with van der Waals surface area (Å²) in [6, 6.07) is 4.86. The Labute approximate surface area is 126 Å². The van der Waals surface area contributed by atoms with Gasteiger partial charge in [-0.3, -0.25) is 14.4 Å². The van der Waals surface area contributed by atoms with Crippen molar-refractivity contribution in [2.24, 2.45) is 5.92 Å². The van der Waals surface area contributed by atoms with E-state index in [0.29, 0.717) is 10.8 Å². The normalized spacial score (nSPS) is 10.1. The highest BCUT2D eigenvalue weighted by Crippen LogP contribution is 2.22. The van der Waals surface area contributed by atoms with Crippen molar-refractivity contribution in [3.05, 3.63) is 28.8 Å². The van der Waals surface area contributed by atoms with Gasteiger partial charge in [0.05, 0.1) is 14.2 Å². The monoisotopic (exact) mass is 314 g/mol. The van der Waals surface area contributed by atoms with Gasteiger partial charge in [0, 0.05) is 5.02 Å². The molecule has 0 bridgehead atoms. The molecule has 1 aromatic rings. The third-order valence-electron chi connectivity index (χ3n) is 2.70. The molecule has 114 valence electrons. The van der Waals surface area contributed by atoms with Crippen molar-refractivity contribution in [3.8, 4) is 5.75 Å². The summed E-state index contributed by atoms with van der Waals surface area (Å²) in [5.74, 6) is -3.93. The van der Waals surface area contributed by atoms with E-state index in [9.17, 15) is 14.4 Å². The first-order valence-electron chi connectivity index (χ1n) is 5.98. The van der Waals surface area contributed by atoms with Crippen LogP contribution in [0.5, 0.6) is 5.75 Å². The third kappa shape index (κ3) is 4.46. The summed E-state index contributed by atoms with van der Waals surface area (Å²) in [7, 11) is 2.16. The zero-order chi connectivity index (χ0) is 16.0. The molecule has 0 aliphatic carbocycles. The molecule has 0 radical (unpaired) electrons. The molecule has 1 aromatic carbocycles. The number of hydrogen-bond acceptors (Lipinski definition) is 6. The lowest BCUT2D eigenvalue weighted by molar-refractivity contribution is -0.162. The van der Waals surface area contributed by atoms with Gasteiger partial charge in [-0.25, -0.2) is 0 Å². The van der Waals surface area contributed by atoms with Crippen LogP contribution in [-0.4, -0.2) is 38.5 Å². The smallest absolute Gasteiger partial charge is 0.327 e. The minimum atomic E-state index is -1.65. The maximum atomic E-state index is 11.9. The van der Waals surface area contributed by atoms with Crippen molar-refractivity contribution in [1.82, 2.24) is 0 Å². The van der Waals surface area contributed by atoms with Crippen molar-refractivity contribution in [1.29, 1.82) is 0 Å². The number of ketones is 1. The lowest BCUT2D eigenvalue weighted by Crippen LogP contribution is -2.36. The van der Waals surface area contributed by atoms with Gasteiger partial charge >= 0.3 is 11.9 Å². The number of carbonyl (C=O) groups is 3. The van der Waals surface area contributed by atoms with E-state index in [1.165, 1.54) is 0 Å². The second-order valence-electron chi connectivity index (χ2n) is 4.14. The van der Waals surface area contributed by atoms with Gasteiger partial charge in [0.2, 0.25) is 5.92 Å². The Balaban J connectivity index is 2.78. The van der Waals surface area contributed by atoms with E-state index in [4.69, 9.17) is 16.3 Å². The molecule has 0 heterocycles. The van der Waals surface area contributed by atoms with Gasteiger partial charge in [-0.05, 0) is 30.7 Å². The highest BCUT2D eigenvalue weighted by molar-refractivity contribution is 6.30. The third-order valence-corrected chi connectivity index (χ3v) is 2.94. The predicted molar refractivity (Wildman–Crippen MR) is 74.2 cm³/mol. The molecule has 0 unspecified atom stereocenters. The van der Waals surface area contributed by atoms with Crippen LogP contribution in [-0.2, 0) is 23.9 Å². The van der Waals surface area contributed by atoms with E-state index < -0.39 is 30.2 Å². The summed E-state index contributed by atoms with van der Waals surface area (Å²) in [5, 5.41) is 0.535. The Bertz CT molecular complexity index is 538. The van der Waals surface area contributed by atoms with Gasteiger partial charge in [0.1, 0.15) is 12.4 Å². The summed E-state index contributed by atoms with van der Waals surface area (Å²) in [5.41, 5.74) is 0.725. The molecule has 0 aliphatic rings. The molecule has 1 rings (SSSR count). The number of ether oxygens (including phenoxy) is 3. The fourth-order valence-corrected chi connectivity index (χ4v) is 1.83. The predicted octanol–water partition coefficient (Wildman–Crippen LogP) is 1.56. The Morgan fingerprint density at radius 1 is 1.14 bits per heavy atom. The molecule has 0 atom stereocenters. The van der Waals surface area contributed by atoms with Crippen LogP contribution in [0.15, 0.2) is 18.2 Å². The zero-order valence-electron chi connectivity index (χ0n) is 11.8. The standard InChI is InChI=1S/C14H15ClO6/c1-8-6-9(15)4-5-11(8)21-7-10(16)12(13(17)19-2)14(18)20-3/h4-6,12H,7H2,1-3H3. The SMILES string of the molecule is COC(=O)C(C(=O)COc1ccc(Cl)cc1C)C(=O)OC. The summed E-state index contributed by atoms with van der Waals surface area (Å²) >= 11 is 5.81. The van der Waals surface area contributed by atoms with Crippen molar-refractivity contribution in [2.45, 2.75) is 6.92 Å². The summed E-state index contributed by atoms with van der Waals surface area (Å²) in [6.45, 7) is 1.29. The van der Waals surface area contributed by atoms with Gasteiger partial charge < -0.3 is 14.2 Å². The van der Waals surface area contributed by atoms with E-state index in [0.717, 1.165) is 19.8 Å². The fourth-order valence-electron chi connectivity index (χ4n) is 1.60. The quantitative estimate of drug-likeness (QED) is 0.585. The van der Waals surface area contributed by atoms with Gasteiger partial charge in [0.25, 0.3) is 0 Å². The number of hydrogen-bond donors (Lipinski definition) is 0. The number of rotatable bonds is 6. The number of benzene rings is 1. The average Bonchev–Trinajstić information content (AvgIpc) is 2.46. The van der Waals surface area contributed by atoms with E-state index in [-0.39, 0.29) is 0 Å². The number of carbonyl (C=O) groups excluding carboxylic acids is 3. The molecule has 0 amide bonds. The summed E-state index contributed by atoms with van der Waals surface area (Å²) < 4.78 is 14.1. The molecule has 0 spiro atoms. The van der Waals surface area contributed by atoms with Gasteiger partial charge in [-0.15, -0.1) is 0 Å². The van der Waals surface area contributed by atoms with Crippen LogP contribution >= 0.6 is 11.6 Å². The van der Waals surface area contributed by atoms with E-state index >= 15 is 0 Å². The topological polar surface area (TPSA) is 78.9 Å². The highest BCUT2D eigenvalue weighted by atomic mass is 35.5. The Morgan fingerprint density at radius 2 is 1.71 bits per heavy atom. The van der Waals surface area contributed by atoms with Crippen LogP contribution in [0.3, 0.4) is 0 Å². The lowest BCUT2D eigenvalue weighted by atomic mass is 10.1. The summed E-state index contributed by atoms with van der Waals surface area (Å²) in [6.07, 6.45) is 0. The van der Waals surface area contributed by atoms with Crippen LogP contribution < -0.4 is 4.74 Å². The van der Waals surface area contributed by atoms with Crippen molar-refractivity contribution in [3.63, 3.8) is 0 Å². The molecule has 21 heavy (non-hydrogen) atoms. The first kappa shape index (κ1) is 17.0. The Kier molecular flexibility index (Phi) is 6.17. The maximum absolute atomic E-state index is 11.9. The Hall–Kier alpha value is -2.08. The minimum absolute atomic E-state index is 0.432. The Morgan fingerprint density at radius 3 is 2.19 bits per heavy atom. The van der Waals surface area contributed by atoms with Crippen LogP contribution in [0.4, 0.5) is 0 Å². The lowest BCUT2D eigenvalue weighted by Gasteiger charge is -2.13. The van der Waals surface area contributed by atoms with Crippen LogP contribution in [0, 0.1) is 12.8 Å². The number of esters is 2. The molecule has 0 saturated carbocycles. The molecule has 7 heteroatoms. The molecule has 0 fully saturated rings. The van der Waals surface area contributed by atoms with Crippen LogP contribution in [0.2, 0.25) is 5.02 Å². The molecule has 0 N–H and O–H groups in total. The van der Waals surface area contributed by atoms with Crippen LogP contribution in [0.1, 0.15) is 5.56 Å². The highest BCUT2D eigenvalue weighted by Gasteiger charge is 2.36. The van der Waals surface area contributed by atoms with Gasteiger partial charge in [0.15, 0.2) is 5.78 Å². The minimum Gasteiger partial charge on any atom is -0.486 e. The summed E-state index contributed by atoms with van der Waals surface area (Å²) in [4.78, 5) is 34.9. The number of aryl methyl sites for hydroxylation is 1. The van der Waals surface area contributed by atoms with Crippen LogP contribution in [0.25, 0.3) is 0 Å². The average molecular weight is 315 g/mol. The maximum Gasteiger partial charge on any atom is 0.327 e. The molecule has 6 nitrogen and oxygen atoms in total. The van der Waals surface area contributed by atoms with Crippen molar-refractivity contribution < 1.29 is 28.6 Å². The van der Waals surface area contributed by atoms with E-state index in [1.54, 1.807) is 25.1 Å². The van der Waals surface area contributed by atoms with E-state index in [2.05, 4.69) is 9.47 Å². The molecule has 0 aliphatic heterocycles. The molecule has 0 saturated heterocycles. The molecular formula is C14H15ClO6. The fraction of sp³-hybridized carbons (Fsp3) is 0.357. The zero-order valence-corrected chi connectivity index (χ0v) is 12.6. The van der Waals surface area contributed by atoms with Gasteiger partial charge in [-0.2, -0.15) is 0 Å². The second-order valence-corrected chi connectivity index (χ2v) is 4.58. The van der Waals surface area contributed by atoms with Crippen molar-refractivity contribution in [2.75, 3.05) is 20.8 Å². The largest absolute Gasteiger partial charge is 0.486 e.